The van der Waals surface area contributed by atoms with Gasteiger partial charge in [0.2, 0.25) is 0 Å². The lowest BCUT2D eigenvalue weighted by Crippen LogP contribution is -2.15. The van der Waals surface area contributed by atoms with Crippen molar-refractivity contribution in [2.24, 2.45) is 0 Å². The second kappa shape index (κ2) is 5.37. The highest BCUT2D eigenvalue weighted by atomic mass is 35.5. The Bertz CT molecular complexity index is 527. The number of benzene rings is 1. The molecule has 17 heavy (non-hydrogen) atoms. The summed E-state index contributed by atoms with van der Waals surface area (Å²) in [5.41, 5.74) is 0.372. The van der Waals surface area contributed by atoms with Gasteiger partial charge in [-0.3, -0.25) is 0 Å². The first-order valence-corrected chi connectivity index (χ1v) is 7.18. The van der Waals surface area contributed by atoms with Gasteiger partial charge >= 0.3 is 5.97 Å². The SMILES string of the molecule is CS(=O)(=O)CCNc1ccc(Cl)cc1C(=O)O. The molecule has 0 saturated carbocycles. The monoisotopic (exact) mass is 277 g/mol. The minimum absolute atomic E-state index is 0.0194. The van der Waals surface area contributed by atoms with E-state index >= 15 is 0 Å². The minimum Gasteiger partial charge on any atom is -0.478 e. The Morgan fingerprint density at radius 1 is 1.47 bits per heavy atom. The van der Waals surface area contributed by atoms with Crippen molar-refractivity contribution in [1.29, 1.82) is 0 Å². The van der Waals surface area contributed by atoms with Crippen LogP contribution in [-0.4, -0.2) is 38.0 Å². The second-order valence-electron chi connectivity index (χ2n) is 3.55. The lowest BCUT2D eigenvalue weighted by molar-refractivity contribution is 0.0698. The van der Waals surface area contributed by atoms with Gasteiger partial charge in [0.25, 0.3) is 0 Å². The Balaban J connectivity index is 2.81. The molecule has 0 saturated heterocycles. The summed E-state index contributed by atoms with van der Waals surface area (Å²) >= 11 is 5.68. The van der Waals surface area contributed by atoms with Crippen LogP contribution in [0.4, 0.5) is 5.69 Å². The quantitative estimate of drug-likeness (QED) is 0.852. The molecule has 0 fully saturated rings. The third-order valence-electron chi connectivity index (χ3n) is 2.00. The summed E-state index contributed by atoms with van der Waals surface area (Å²) < 4.78 is 21.8. The number of carbonyl (C=O) groups is 1. The Morgan fingerprint density at radius 2 is 2.12 bits per heavy atom. The second-order valence-corrected chi connectivity index (χ2v) is 6.25. The van der Waals surface area contributed by atoms with E-state index in [1.165, 1.54) is 18.2 Å². The highest BCUT2D eigenvalue weighted by Gasteiger charge is 2.11. The molecule has 1 aromatic carbocycles. The normalized spacial score (nSPS) is 11.2. The predicted molar refractivity (Wildman–Crippen MR) is 66.6 cm³/mol. The molecule has 0 heterocycles. The Kier molecular flexibility index (Phi) is 4.36. The van der Waals surface area contributed by atoms with E-state index in [1.807, 2.05) is 0 Å². The largest absolute Gasteiger partial charge is 0.478 e. The lowest BCUT2D eigenvalue weighted by atomic mass is 10.2. The van der Waals surface area contributed by atoms with E-state index in [4.69, 9.17) is 16.7 Å². The molecule has 0 aliphatic carbocycles. The number of hydrogen-bond acceptors (Lipinski definition) is 4. The number of rotatable bonds is 5. The van der Waals surface area contributed by atoms with Crippen LogP contribution in [0.3, 0.4) is 0 Å². The van der Waals surface area contributed by atoms with Gasteiger partial charge in [-0.15, -0.1) is 0 Å². The summed E-state index contributed by atoms with van der Waals surface area (Å²) in [7, 11) is -3.07. The van der Waals surface area contributed by atoms with E-state index in [2.05, 4.69) is 5.32 Å². The average molecular weight is 278 g/mol. The molecule has 0 aromatic heterocycles. The first kappa shape index (κ1) is 13.8. The smallest absolute Gasteiger partial charge is 0.337 e. The maximum absolute atomic E-state index is 10.9. The first-order valence-electron chi connectivity index (χ1n) is 4.74. The van der Waals surface area contributed by atoms with Crippen molar-refractivity contribution in [3.63, 3.8) is 0 Å². The molecule has 5 nitrogen and oxygen atoms in total. The number of halogens is 1. The number of aromatic carboxylic acids is 1. The predicted octanol–water partition coefficient (Wildman–Crippen LogP) is 1.49. The molecule has 0 amide bonds. The fourth-order valence-corrected chi connectivity index (χ4v) is 1.86. The van der Waals surface area contributed by atoms with Crippen LogP contribution in [0, 0.1) is 0 Å². The van der Waals surface area contributed by atoms with Crippen LogP contribution in [0.25, 0.3) is 0 Å². The van der Waals surface area contributed by atoms with Crippen molar-refractivity contribution >= 4 is 33.1 Å². The summed E-state index contributed by atoms with van der Waals surface area (Å²) in [6, 6.07) is 4.36. The molecule has 0 atom stereocenters. The van der Waals surface area contributed by atoms with Gasteiger partial charge in [-0.1, -0.05) is 11.6 Å². The van der Waals surface area contributed by atoms with Gasteiger partial charge in [0.05, 0.1) is 11.3 Å². The molecule has 0 spiro atoms. The summed E-state index contributed by atoms with van der Waals surface area (Å²) in [4.78, 5) is 10.9. The highest BCUT2D eigenvalue weighted by molar-refractivity contribution is 7.90. The number of sulfone groups is 1. The van der Waals surface area contributed by atoms with E-state index < -0.39 is 15.8 Å². The van der Waals surface area contributed by atoms with Crippen molar-refractivity contribution in [3.05, 3.63) is 28.8 Å². The van der Waals surface area contributed by atoms with Gasteiger partial charge in [-0.25, -0.2) is 13.2 Å². The molecule has 2 N–H and O–H groups in total. The molecular formula is C10H12ClNO4S. The third kappa shape index (κ3) is 4.62. The summed E-state index contributed by atoms with van der Waals surface area (Å²) in [6.45, 7) is 0.154. The number of nitrogens with one attached hydrogen (secondary N) is 1. The van der Waals surface area contributed by atoms with Gasteiger partial charge in [0.15, 0.2) is 0 Å². The van der Waals surface area contributed by atoms with Crippen LogP contribution in [0.15, 0.2) is 18.2 Å². The van der Waals surface area contributed by atoms with Crippen LogP contribution >= 0.6 is 11.6 Å². The fraction of sp³-hybridized carbons (Fsp3) is 0.300. The maximum atomic E-state index is 10.9. The van der Waals surface area contributed by atoms with Gasteiger partial charge < -0.3 is 10.4 Å². The minimum atomic E-state index is -3.07. The first-order chi connectivity index (χ1) is 7.79. The van der Waals surface area contributed by atoms with E-state index in [-0.39, 0.29) is 17.9 Å². The number of carboxylic acids is 1. The van der Waals surface area contributed by atoms with Crippen molar-refractivity contribution in [3.8, 4) is 0 Å². The average Bonchev–Trinajstić information content (AvgIpc) is 2.18. The lowest BCUT2D eigenvalue weighted by Gasteiger charge is -2.09. The van der Waals surface area contributed by atoms with Crippen LogP contribution in [0.5, 0.6) is 0 Å². The molecule has 0 radical (unpaired) electrons. The van der Waals surface area contributed by atoms with E-state index in [0.29, 0.717) is 10.7 Å². The highest BCUT2D eigenvalue weighted by Crippen LogP contribution is 2.20. The Morgan fingerprint density at radius 3 is 2.65 bits per heavy atom. The van der Waals surface area contributed by atoms with E-state index in [0.717, 1.165) is 6.26 Å². The van der Waals surface area contributed by atoms with Crippen molar-refractivity contribution in [2.75, 3.05) is 23.9 Å². The Labute approximate surface area is 104 Å². The van der Waals surface area contributed by atoms with E-state index in [9.17, 15) is 13.2 Å². The molecule has 7 heteroatoms. The summed E-state index contributed by atoms with van der Waals surface area (Å²) in [5.74, 6) is -1.18. The van der Waals surface area contributed by atoms with Crippen molar-refractivity contribution in [2.45, 2.75) is 0 Å². The van der Waals surface area contributed by atoms with Crippen molar-refractivity contribution in [1.82, 2.24) is 0 Å². The summed E-state index contributed by atoms with van der Waals surface area (Å²) in [5, 5.41) is 12.0. The maximum Gasteiger partial charge on any atom is 0.337 e. The zero-order chi connectivity index (χ0) is 13.1. The molecule has 0 aliphatic rings. The number of carboxylic acid groups (broad SMARTS) is 1. The van der Waals surface area contributed by atoms with Gasteiger partial charge in [0, 0.05) is 23.5 Å². The zero-order valence-corrected chi connectivity index (χ0v) is 10.7. The number of hydrogen-bond donors (Lipinski definition) is 2. The van der Waals surface area contributed by atoms with Crippen LogP contribution in [0.1, 0.15) is 10.4 Å². The van der Waals surface area contributed by atoms with Crippen LogP contribution < -0.4 is 5.32 Å². The third-order valence-corrected chi connectivity index (χ3v) is 3.18. The molecule has 1 rings (SSSR count). The fourth-order valence-electron chi connectivity index (χ4n) is 1.22. The summed E-state index contributed by atoms with van der Waals surface area (Å²) in [6.07, 6.45) is 1.12. The van der Waals surface area contributed by atoms with Crippen LogP contribution in [0.2, 0.25) is 5.02 Å². The molecule has 0 bridgehead atoms. The number of anilines is 1. The molecule has 0 aliphatic heterocycles. The van der Waals surface area contributed by atoms with Crippen LogP contribution in [-0.2, 0) is 9.84 Å². The standard InChI is InChI=1S/C10H12ClNO4S/c1-17(15,16)5-4-12-9-3-2-7(11)6-8(9)10(13)14/h2-3,6,12H,4-5H2,1H3,(H,13,14). The molecule has 1 aromatic rings. The van der Waals surface area contributed by atoms with Crippen molar-refractivity contribution < 1.29 is 18.3 Å². The Hall–Kier alpha value is -1.27. The molecule has 0 unspecified atom stereocenters. The molecule has 94 valence electrons. The van der Waals surface area contributed by atoms with E-state index in [1.54, 1.807) is 0 Å². The topological polar surface area (TPSA) is 83.5 Å². The van der Waals surface area contributed by atoms with Gasteiger partial charge in [0.1, 0.15) is 9.84 Å². The van der Waals surface area contributed by atoms with Gasteiger partial charge in [-0.05, 0) is 18.2 Å². The zero-order valence-electron chi connectivity index (χ0n) is 9.10. The van der Waals surface area contributed by atoms with Gasteiger partial charge in [-0.2, -0.15) is 0 Å². The molecular weight excluding hydrogens is 266 g/mol.